The Bertz CT molecular complexity index is 815. The molecule has 0 amide bonds. The van der Waals surface area contributed by atoms with E-state index >= 15 is 0 Å². The molecule has 130 valence electrons. The molecule has 0 atom stereocenters. The summed E-state index contributed by atoms with van der Waals surface area (Å²) in [5.74, 6) is -1.14. The van der Waals surface area contributed by atoms with E-state index < -0.39 is 24.1 Å². The monoisotopic (exact) mass is 343 g/mol. The van der Waals surface area contributed by atoms with Crippen molar-refractivity contribution in [2.75, 3.05) is 13.2 Å². The van der Waals surface area contributed by atoms with Crippen LogP contribution in [0.1, 0.15) is 21.5 Å². The fourth-order valence-electron chi connectivity index (χ4n) is 2.26. The van der Waals surface area contributed by atoms with E-state index in [4.69, 9.17) is 9.47 Å². The predicted molar refractivity (Wildman–Crippen MR) is 89.8 cm³/mol. The molecule has 7 nitrogen and oxygen atoms in total. The van der Waals surface area contributed by atoms with Crippen LogP contribution < -0.4 is 4.74 Å². The molecule has 0 fully saturated rings. The highest BCUT2D eigenvalue weighted by molar-refractivity contribution is 5.99. The third-order valence-corrected chi connectivity index (χ3v) is 3.45. The van der Waals surface area contributed by atoms with E-state index in [2.05, 4.69) is 0 Å². The van der Waals surface area contributed by atoms with Crippen molar-refractivity contribution >= 4 is 17.4 Å². The molecular weight excluding hydrogens is 326 g/mol. The van der Waals surface area contributed by atoms with Crippen molar-refractivity contribution < 1.29 is 24.0 Å². The molecule has 0 unspecified atom stereocenters. The van der Waals surface area contributed by atoms with E-state index in [1.165, 1.54) is 18.2 Å². The van der Waals surface area contributed by atoms with Crippen LogP contribution in [0.5, 0.6) is 5.75 Å². The SMILES string of the molecule is Cc1ccc(C(=O)COC(=O)COc2ccccc2[N+](=O)[O-])c(C)c1. The van der Waals surface area contributed by atoms with Crippen LogP contribution in [0, 0.1) is 24.0 Å². The summed E-state index contributed by atoms with van der Waals surface area (Å²) < 4.78 is 9.99. The van der Waals surface area contributed by atoms with Crippen LogP contribution in [-0.2, 0) is 9.53 Å². The second-order valence-electron chi connectivity index (χ2n) is 5.42. The van der Waals surface area contributed by atoms with Crippen LogP contribution >= 0.6 is 0 Å². The number of carbonyl (C=O) groups is 2. The van der Waals surface area contributed by atoms with Crippen molar-refractivity contribution in [3.8, 4) is 5.75 Å². The number of esters is 1. The van der Waals surface area contributed by atoms with Crippen molar-refractivity contribution in [2.24, 2.45) is 0 Å². The summed E-state index contributed by atoms with van der Waals surface area (Å²) in [6, 6.07) is 11.1. The standard InChI is InChI=1S/C18H17NO6/c1-12-7-8-14(13(2)9-12)16(20)10-25-18(21)11-24-17-6-4-3-5-15(17)19(22)23/h3-9H,10-11H2,1-2H3. The third-order valence-electron chi connectivity index (χ3n) is 3.45. The molecule has 2 rings (SSSR count). The number of para-hydroxylation sites is 2. The Morgan fingerprint density at radius 2 is 1.80 bits per heavy atom. The number of ether oxygens (including phenoxy) is 2. The van der Waals surface area contributed by atoms with E-state index in [-0.39, 0.29) is 17.2 Å². The molecule has 2 aromatic carbocycles. The lowest BCUT2D eigenvalue weighted by Crippen LogP contribution is -2.20. The molecule has 0 radical (unpaired) electrons. The number of Topliss-reactive ketones (excluding diaryl/α,β-unsaturated/α-hetero) is 1. The number of hydrogen-bond donors (Lipinski definition) is 0. The number of benzene rings is 2. The smallest absolute Gasteiger partial charge is 0.344 e. The number of ketones is 1. The number of aryl methyl sites for hydroxylation is 2. The molecule has 0 heterocycles. The zero-order valence-corrected chi connectivity index (χ0v) is 13.9. The average molecular weight is 343 g/mol. The summed E-state index contributed by atoms with van der Waals surface area (Å²) in [5, 5.41) is 10.9. The molecule has 0 saturated carbocycles. The highest BCUT2D eigenvalue weighted by atomic mass is 16.6. The molecule has 0 saturated heterocycles. The van der Waals surface area contributed by atoms with Crippen molar-refractivity contribution in [1.82, 2.24) is 0 Å². The van der Waals surface area contributed by atoms with Crippen molar-refractivity contribution in [3.63, 3.8) is 0 Å². The van der Waals surface area contributed by atoms with Crippen LogP contribution in [0.25, 0.3) is 0 Å². The average Bonchev–Trinajstić information content (AvgIpc) is 2.58. The molecule has 0 aliphatic rings. The fourth-order valence-corrected chi connectivity index (χ4v) is 2.26. The minimum Gasteiger partial charge on any atom is -0.475 e. The van der Waals surface area contributed by atoms with Crippen molar-refractivity contribution in [3.05, 3.63) is 69.3 Å². The van der Waals surface area contributed by atoms with Gasteiger partial charge in [0.25, 0.3) is 0 Å². The van der Waals surface area contributed by atoms with Gasteiger partial charge >= 0.3 is 11.7 Å². The van der Waals surface area contributed by atoms with Crippen molar-refractivity contribution in [1.29, 1.82) is 0 Å². The highest BCUT2D eigenvalue weighted by Gasteiger charge is 2.16. The largest absolute Gasteiger partial charge is 0.475 e. The Morgan fingerprint density at radius 3 is 2.48 bits per heavy atom. The zero-order valence-electron chi connectivity index (χ0n) is 13.9. The van der Waals surface area contributed by atoms with Gasteiger partial charge in [-0.05, 0) is 25.5 Å². The van der Waals surface area contributed by atoms with E-state index in [0.717, 1.165) is 11.1 Å². The normalized spacial score (nSPS) is 10.2. The molecule has 0 bridgehead atoms. The summed E-state index contributed by atoms with van der Waals surface area (Å²) in [6.07, 6.45) is 0. The third kappa shape index (κ3) is 4.87. The fraction of sp³-hybridized carbons (Fsp3) is 0.222. The van der Waals surface area contributed by atoms with Gasteiger partial charge in [0.15, 0.2) is 19.0 Å². The van der Waals surface area contributed by atoms with Gasteiger partial charge in [-0.2, -0.15) is 0 Å². The molecule has 0 spiro atoms. The van der Waals surface area contributed by atoms with Crippen LogP contribution in [0.2, 0.25) is 0 Å². The first-order valence-electron chi connectivity index (χ1n) is 7.51. The summed E-state index contributed by atoms with van der Waals surface area (Å²) in [5.41, 5.74) is 2.07. The van der Waals surface area contributed by atoms with Gasteiger partial charge < -0.3 is 9.47 Å². The van der Waals surface area contributed by atoms with E-state index in [0.29, 0.717) is 5.56 Å². The first kappa shape index (κ1) is 18.1. The first-order valence-corrected chi connectivity index (χ1v) is 7.51. The molecule has 0 aromatic heterocycles. The Kier molecular flexibility index (Phi) is 5.84. The molecule has 2 aromatic rings. The Labute approximate surface area is 144 Å². The Hall–Kier alpha value is -3.22. The minimum atomic E-state index is -0.781. The maximum absolute atomic E-state index is 12.1. The number of rotatable bonds is 7. The lowest BCUT2D eigenvalue weighted by atomic mass is 10.0. The van der Waals surface area contributed by atoms with Gasteiger partial charge in [0.1, 0.15) is 0 Å². The van der Waals surface area contributed by atoms with Gasteiger partial charge in [-0.1, -0.05) is 35.9 Å². The van der Waals surface area contributed by atoms with E-state index in [1.807, 2.05) is 13.0 Å². The van der Waals surface area contributed by atoms with Gasteiger partial charge in [0, 0.05) is 11.6 Å². The highest BCUT2D eigenvalue weighted by Crippen LogP contribution is 2.25. The molecule has 0 N–H and O–H groups in total. The lowest BCUT2D eigenvalue weighted by Gasteiger charge is -2.08. The number of carbonyl (C=O) groups excluding carboxylic acids is 2. The molecule has 0 aliphatic carbocycles. The quantitative estimate of drug-likeness (QED) is 0.332. The molecule has 7 heteroatoms. The zero-order chi connectivity index (χ0) is 18.4. The number of hydrogen-bond acceptors (Lipinski definition) is 6. The Morgan fingerprint density at radius 1 is 1.08 bits per heavy atom. The van der Waals surface area contributed by atoms with Crippen LogP contribution in [0.15, 0.2) is 42.5 Å². The second kappa shape index (κ2) is 8.05. The second-order valence-corrected chi connectivity index (χ2v) is 5.42. The summed E-state index contributed by atoms with van der Waals surface area (Å²) in [6.45, 7) is 2.79. The summed E-state index contributed by atoms with van der Waals surface area (Å²) in [7, 11) is 0. The molecule has 0 aliphatic heterocycles. The maximum Gasteiger partial charge on any atom is 0.344 e. The molecule has 25 heavy (non-hydrogen) atoms. The minimum absolute atomic E-state index is 0.0369. The van der Waals surface area contributed by atoms with Gasteiger partial charge in [-0.15, -0.1) is 0 Å². The van der Waals surface area contributed by atoms with Gasteiger partial charge in [-0.3, -0.25) is 14.9 Å². The number of nitro groups is 1. The predicted octanol–water partition coefficient (Wildman–Crippen LogP) is 3.02. The van der Waals surface area contributed by atoms with Gasteiger partial charge in [0.2, 0.25) is 5.78 Å². The van der Waals surface area contributed by atoms with Crippen LogP contribution in [0.4, 0.5) is 5.69 Å². The van der Waals surface area contributed by atoms with Gasteiger partial charge in [0.05, 0.1) is 4.92 Å². The van der Waals surface area contributed by atoms with Crippen LogP contribution in [-0.4, -0.2) is 29.9 Å². The lowest BCUT2D eigenvalue weighted by molar-refractivity contribution is -0.385. The summed E-state index contributed by atoms with van der Waals surface area (Å²) >= 11 is 0. The van der Waals surface area contributed by atoms with E-state index in [1.54, 1.807) is 25.1 Å². The van der Waals surface area contributed by atoms with Crippen molar-refractivity contribution in [2.45, 2.75) is 13.8 Å². The molecular formula is C18H17NO6. The topological polar surface area (TPSA) is 95.7 Å². The van der Waals surface area contributed by atoms with Gasteiger partial charge in [-0.25, -0.2) is 4.79 Å². The Balaban J connectivity index is 1.89. The van der Waals surface area contributed by atoms with E-state index in [9.17, 15) is 19.7 Å². The summed E-state index contributed by atoms with van der Waals surface area (Å²) in [4.78, 5) is 34.0. The van der Waals surface area contributed by atoms with Crippen LogP contribution in [0.3, 0.4) is 0 Å². The number of nitro benzene ring substituents is 1. The first-order chi connectivity index (χ1) is 11.9. The number of nitrogens with zero attached hydrogens (tertiary/aromatic N) is 1. The maximum atomic E-state index is 12.1.